The highest BCUT2D eigenvalue weighted by molar-refractivity contribution is 5.94. The summed E-state index contributed by atoms with van der Waals surface area (Å²) in [4.78, 5) is 28.6. The Morgan fingerprint density at radius 3 is 2.48 bits per heavy atom. The normalized spacial score (nSPS) is 16.4. The minimum absolute atomic E-state index is 0.113. The molecule has 0 atom stereocenters. The van der Waals surface area contributed by atoms with E-state index in [0.29, 0.717) is 5.69 Å². The smallest absolute Gasteiger partial charge is 0.243 e. The first-order valence-electron chi connectivity index (χ1n) is 10.6. The van der Waals surface area contributed by atoms with Crippen LogP contribution in [0.2, 0.25) is 0 Å². The monoisotopic (exact) mass is 426 g/mol. The number of ether oxygens (including phenoxy) is 1. The Kier molecular flexibility index (Phi) is 6.79. The minimum Gasteiger partial charge on any atom is -0.493 e. The molecule has 31 heavy (non-hydrogen) atoms. The van der Waals surface area contributed by atoms with Crippen LogP contribution in [-0.2, 0) is 22.6 Å². The summed E-state index contributed by atoms with van der Waals surface area (Å²) in [5.41, 5.74) is 3.08. The molecule has 164 valence electrons. The molecule has 2 aromatic carbocycles. The lowest BCUT2D eigenvalue weighted by Crippen LogP contribution is -2.49. The van der Waals surface area contributed by atoms with E-state index in [2.05, 4.69) is 38.6 Å². The van der Waals surface area contributed by atoms with Crippen LogP contribution in [0.5, 0.6) is 5.75 Å². The second-order valence-electron chi connectivity index (χ2n) is 7.92. The fraction of sp³-hybridized carbons (Fsp3) is 0.391. The first-order valence-corrected chi connectivity index (χ1v) is 10.6. The number of nitrogens with zero attached hydrogens (tertiary/aromatic N) is 2. The maximum atomic E-state index is 12.9. The number of amides is 2. The first-order chi connectivity index (χ1) is 15.0. The molecule has 0 spiro atoms. The van der Waals surface area contributed by atoms with Gasteiger partial charge in [-0.1, -0.05) is 12.1 Å². The minimum atomic E-state index is -0.367. The van der Waals surface area contributed by atoms with Gasteiger partial charge in [0.05, 0.1) is 19.7 Å². The van der Waals surface area contributed by atoms with Crippen molar-refractivity contribution in [1.82, 2.24) is 15.1 Å². The van der Waals surface area contributed by atoms with Gasteiger partial charge in [-0.2, -0.15) is 0 Å². The highest BCUT2D eigenvalue weighted by Gasteiger charge is 2.20. The van der Waals surface area contributed by atoms with Crippen LogP contribution in [0.3, 0.4) is 0 Å². The van der Waals surface area contributed by atoms with E-state index in [4.69, 9.17) is 4.74 Å². The van der Waals surface area contributed by atoms with Gasteiger partial charge in [-0.15, -0.1) is 0 Å². The molecule has 2 aliphatic rings. The third-order valence-corrected chi connectivity index (χ3v) is 5.57. The predicted octanol–water partition coefficient (Wildman–Crippen LogP) is 1.63. The lowest BCUT2D eigenvalue weighted by atomic mass is 10.1. The summed E-state index contributed by atoms with van der Waals surface area (Å²) in [6.45, 7) is 5.24. The molecular formula is C23H27FN4O3. The summed E-state index contributed by atoms with van der Waals surface area (Å²) in [5.74, 6) is 0.116. The quantitative estimate of drug-likeness (QED) is 0.704. The van der Waals surface area contributed by atoms with Crippen molar-refractivity contribution in [3.63, 3.8) is 0 Å². The van der Waals surface area contributed by atoms with Crippen molar-refractivity contribution < 1.29 is 18.7 Å². The van der Waals surface area contributed by atoms with Crippen molar-refractivity contribution in [3.05, 3.63) is 59.4 Å². The van der Waals surface area contributed by atoms with Gasteiger partial charge in [-0.25, -0.2) is 4.39 Å². The number of hydrogen-bond acceptors (Lipinski definition) is 5. The lowest BCUT2D eigenvalue weighted by molar-refractivity contribution is -0.125. The fourth-order valence-electron chi connectivity index (χ4n) is 3.88. The Labute approximate surface area is 181 Å². The molecule has 2 heterocycles. The van der Waals surface area contributed by atoms with Crippen LogP contribution in [0.25, 0.3) is 0 Å². The van der Waals surface area contributed by atoms with E-state index < -0.39 is 0 Å². The van der Waals surface area contributed by atoms with Gasteiger partial charge in [0.25, 0.3) is 0 Å². The zero-order valence-electron chi connectivity index (χ0n) is 17.4. The molecule has 0 aliphatic carbocycles. The van der Waals surface area contributed by atoms with Gasteiger partial charge >= 0.3 is 0 Å². The molecule has 2 aliphatic heterocycles. The Morgan fingerprint density at radius 2 is 1.71 bits per heavy atom. The van der Waals surface area contributed by atoms with E-state index in [1.165, 1.54) is 35.4 Å². The van der Waals surface area contributed by atoms with E-state index >= 15 is 0 Å². The number of halogens is 1. The first kappa shape index (κ1) is 21.3. The average molecular weight is 426 g/mol. The van der Waals surface area contributed by atoms with Crippen LogP contribution in [0.15, 0.2) is 42.5 Å². The standard InChI is InChI=1S/C23H27FN4O3/c24-19-2-4-20(5-3-19)26-22(29)14-25-23(30)16-28-10-8-27(9-11-28)15-17-1-6-21-18(13-17)7-12-31-21/h1-6,13H,7-12,14-16H2,(H,25,30)(H,26,29). The van der Waals surface area contributed by atoms with Crippen molar-refractivity contribution >= 4 is 17.5 Å². The number of hydrogen-bond donors (Lipinski definition) is 2. The molecular weight excluding hydrogens is 399 g/mol. The van der Waals surface area contributed by atoms with Crippen LogP contribution in [-0.4, -0.2) is 67.5 Å². The fourth-order valence-corrected chi connectivity index (χ4v) is 3.88. The number of rotatable bonds is 7. The molecule has 2 amide bonds. The van der Waals surface area contributed by atoms with E-state index in [0.717, 1.165) is 51.5 Å². The van der Waals surface area contributed by atoms with Crippen molar-refractivity contribution in [2.75, 3.05) is 51.2 Å². The second-order valence-corrected chi connectivity index (χ2v) is 7.92. The Hall–Kier alpha value is -2.97. The molecule has 2 N–H and O–H groups in total. The summed E-state index contributed by atoms with van der Waals surface area (Å²) in [6.07, 6.45) is 0.980. The van der Waals surface area contributed by atoms with Crippen molar-refractivity contribution in [2.24, 2.45) is 0 Å². The molecule has 0 radical (unpaired) electrons. The molecule has 2 aromatic rings. The number of anilines is 1. The highest BCUT2D eigenvalue weighted by Crippen LogP contribution is 2.26. The number of carbonyl (C=O) groups excluding carboxylic acids is 2. The summed E-state index contributed by atoms with van der Waals surface area (Å²) in [7, 11) is 0. The third kappa shape index (κ3) is 6.02. The summed E-state index contributed by atoms with van der Waals surface area (Å²) >= 11 is 0. The molecule has 0 aromatic heterocycles. The molecule has 1 fully saturated rings. The van der Waals surface area contributed by atoms with Crippen LogP contribution in [0.4, 0.5) is 10.1 Å². The molecule has 4 rings (SSSR count). The SMILES string of the molecule is O=C(CN1CCN(Cc2ccc3c(c2)CCO3)CC1)NCC(=O)Nc1ccc(F)cc1. The van der Waals surface area contributed by atoms with Crippen molar-refractivity contribution in [1.29, 1.82) is 0 Å². The summed E-state index contributed by atoms with van der Waals surface area (Å²) < 4.78 is 18.5. The molecule has 0 bridgehead atoms. The number of benzene rings is 2. The van der Waals surface area contributed by atoms with E-state index in [9.17, 15) is 14.0 Å². The molecule has 8 heteroatoms. The largest absolute Gasteiger partial charge is 0.493 e. The van der Waals surface area contributed by atoms with Crippen molar-refractivity contribution in [3.8, 4) is 5.75 Å². The van der Waals surface area contributed by atoms with Crippen LogP contribution in [0, 0.1) is 5.82 Å². The van der Waals surface area contributed by atoms with Gasteiger partial charge in [0.15, 0.2) is 0 Å². The van der Waals surface area contributed by atoms with Crippen LogP contribution >= 0.6 is 0 Å². The molecule has 0 unspecified atom stereocenters. The topological polar surface area (TPSA) is 73.9 Å². The van der Waals surface area contributed by atoms with Gasteiger partial charge in [-0.05, 0) is 41.5 Å². The molecule has 7 nitrogen and oxygen atoms in total. The van der Waals surface area contributed by atoms with Crippen LogP contribution < -0.4 is 15.4 Å². The lowest BCUT2D eigenvalue weighted by Gasteiger charge is -2.34. The second kappa shape index (κ2) is 9.89. The van der Waals surface area contributed by atoms with Gasteiger partial charge < -0.3 is 15.4 Å². The third-order valence-electron chi connectivity index (χ3n) is 5.57. The number of carbonyl (C=O) groups is 2. The highest BCUT2D eigenvalue weighted by atomic mass is 19.1. The number of piperazine rings is 1. The Balaban J connectivity index is 1.14. The average Bonchev–Trinajstić information content (AvgIpc) is 3.23. The van der Waals surface area contributed by atoms with Gasteiger partial charge in [0.2, 0.25) is 11.8 Å². The van der Waals surface area contributed by atoms with Crippen molar-refractivity contribution in [2.45, 2.75) is 13.0 Å². The predicted molar refractivity (Wildman–Crippen MR) is 115 cm³/mol. The van der Waals surface area contributed by atoms with Gasteiger partial charge in [0, 0.05) is 44.8 Å². The zero-order valence-corrected chi connectivity index (χ0v) is 17.4. The Bertz CT molecular complexity index is 927. The number of nitrogens with one attached hydrogen (secondary N) is 2. The zero-order chi connectivity index (χ0) is 21.6. The summed E-state index contributed by atoms with van der Waals surface area (Å²) in [5, 5.41) is 5.27. The van der Waals surface area contributed by atoms with Gasteiger partial charge in [-0.3, -0.25) is 19.4 Å². The van der Waals surface area contributed by atoms with E-state index in [1.54, 1.807) is 0 Å². The Morgan fingerprint density at radius 1 is 0.968 bits per heavy atom. The maximum absolute atomic E-state index is 12.9. The van der Waals surface area contributed by atoms with Gasteiger partial charge in [0.1, 0.15) is 11.6 Å². The molecule has 0 saturated carbocycles. The maximum Gasteiger partial charge on any atom is 0.243 e. The summed E-state index contributed by atoms with van der Waals surface area (Å²) in [6, 6.07) is 11.9. The van der Waals surface area contributed by atoms with E-state index in [1.807, 2.05) is 0 Å². The number of fused-ring (bicyclic) bond motifs is 1. The van der Waals surface area contributed by atoms with E-state index in [-0.39, 0.29) is 30.7 Å². The van der Waals surface area contributed by atoms with Crippen LogP contribution in [0.1, 0.15) is 11.1 Å². The molecule has 1 saturated heterocycles.